The SMILES string of the molecule is C=C(Cl)CSC1=NC(=Cc2ccc3c(c2)OCO3)C(=O)N1c1ccc(C)cc1. The molecule has 0 aliphatic carbocycles. The Balaban J connectivity index is 1.68. The summed E-state index contributed by atoms with van der Waals surface area (Å²) in [6.45, 7) is 5.92. The summed E-state index contributed by atoms with van der Waals surface area (Å²) in [6, 6.07) is 13.3. The molecule has 28 heavy (non-hydrogen) atoms. The van der Waals surface area contributed by atoms with Crippen molar-refractivity contribution in [2.45, 2.75) is 6.92 Å². The molecule has 0 saturated heterocycles. The minimum Gasteiger partial charge on any atom is -0.454 e. The van der Waals surface area contributed by atoms with Crippen LogP contribution in [0.5, 0.6) is 11.5 Å². The van der Waals surface area contributed by atoms with Crippen molar-refractivity contribution >= 4 is 46.2 Å². The minimum atomic E-state index is -0.191. The van der Waals surface area contributed by atoms with Gasteiger partial charge in [0.1, 0.15) is 5.70 Å². The Morgan fingerprint density at radius 3 is 2.75 bits per heavy atom. The highest BCUT2D eigenvalue weighted by atomic mass is 35.5. The molecular weight excluding hydrogens is 396 g/mol. The summed E-state index contributed by atoms with van der Waals surface area (Å²) in [5, 5.41) is 1.07. The molecular formula is C21H17ClN2O3S. The largest absolute Gasteiger partial charge is 0.454 e. The van der Waals surface area contributed by atoms with Gasteiger partial charge in [0, 0.05) is 10.8 Å². The Hall–Kier alpha value is -2.70. The van der Waals surface area contributed by atoms with Gasteiger partial charge in [-0.2, -0.15) is 0 Å². The number of ether oxygens (including phenoxy) is 2. The molecule has 2 aromatic carbocycles. The van der Waals surface area contributed by atoms with Gasteiger partial charge >= 0.3 is 0 Å². The van der Waals surface area contributed by atoms with Crippen molar-refractivity contribution in [1.82, 2.24) is 0 Å². The highest BCUT2D eigenvalue weighted by Crippen LogP contribution is 2.35. The summed E-state index contributed by atoms with van der Waals surface area (Å²) in [5.74, 6) is 1.63. The number of aryl methyl sites for hydroxylation is 1. The molecule has 0 spiro atoms. The number of aliphatic imine (C=N–C) groups is 1. The summed E-state index contributed by atoms with van der Waals surface area (Å²) in [7, 11) is 0. The van der Waals surface area contributed by atoms with Gasteiger partial charge in [-0.05, 0) is 42.8 Å². The van der Waals surface area contributed by atoms with E-state index in [9.17, 15) is 4.79 Å². The van der Waals surface area contributed by atoms with E-state index in [1.165, 1.54) is 11.8 Å². The van der Waals surface area contributed by atoms with Crippen LogP contribution in [-0.2, 0) is 4.79 Å². The predicted molar refractivity (Wildman–Crippen MR) is 114 cm³/mol. The fourth-order valence-electron chi connectivity index (χ4n) is 2.82. The lowest BCUT2D eigenvalue weighted by Crippen LogP contribution is -2.30. The van der Waals surface area contributed by atoms with Gasteiger partial charge in [0.05, 0.1) is 5.69 Å². The van der Waals surface area contributed by atoms with Gasteiger partial charge in [0.15, 0.2) is 16.7 Å². The number of anilines is 1. The molecule has 5 nitrogen and oxygen atoms in total. The van der Waals surface area contributed by atoms with Crippen LogP contribution in [0.4, 0.5) is 5.69 Å². The van der Waals surface area contributed by atoms with E-state index in [1.807, 2.05) is 49.4 Å². The van der Waals surface area contributed by atoms with E-state index in [-0.39, 0.29) is 12.7 Å². The molecule has 4 rings (SSSR count). The van der Waals surface area contributed by atoms with Gasteiger partial charge < -0.3 is 9.47 Å². The maximum absolute atomic E-state index is 13.1. The second-order valence-corrected chi connectivity index (χ2v) is 7.80. The predicted octanol–water partition coefficient (Wildman–Crippen LogP) is 4.95. The second kappa shape index (κ2) is 7.73. The molecule has 0 fully saturated rings. The molecule has 2 aliphatic rings. The first-order chi connectivity index (χ1) is 13.5. The molecule has 0 radical (unpaired) electrons. The van der Waals surface area contributed by atoms with Crippen LogP contribution in [0.15, 0.2) is 64.8 Å². The first kappa shape index (κ1) is 18.7. The van der Waals surface area contributed by atoms with Crippen molar-refractivity contribution < 1.29 is 14.3 Å². The number of halogens is 1. The molecule has 1 amide bonds. The number of hydrogen-bond acceptors (Lipinski definition) is 5. The number of amides is 1. The average Bonchev–Trinajstić information content (AvgIpc) is 3.25. The lowest BCUT2D eigenvalue weighted by Gasteiger charge is -2.17. The monoisotopic (exact) mass is 412 g/mol. The molecule has 0 bridgehead atoms. The number of hydrogen-bond donors (Lipinski definition) is 0. The summed E-state index contributed by atoms with van der Waals surface area (Å²) in [5.41, 5.74) is 3.04. The molecule has 2 aliphatic heterocycles. The molecule has 2 aromatic rings. The molecule has 2 heterocycles. The lowest BCUT2D eigenvalue weighted by atomic mass is 10.1. The Bertz CT molecular complexity index is 1010. The number of benzene rings is 2. The molecule has 0 aromatic heterocycles. The van der Waals surface area contributed by atoms with E-state index >= 15 is 0 Å². The maximum atomic E-state index is 13.1. The zero-order chi connectivity index (χ0) is 19.7. The lowest BCUT2D eigenvalue weighted by molar-refractivity contribution is -0.113. The Kier molecular flexibility index (Phi) is 5.15. The normalized spacial score (nSPS) is 16.6. The molecule has 0 N–H and O–H groups in total. The number of nitrogens with zero attached hydrogens (tertiary/aromatic N) is 2. The quantitative estimate of drug-likeness (QED) is 0.666. The summed E-state index contributed by atoms with van der Waals surface area (Å²) in [6.07, 6.45) is 1.74. The van der Waals surface area contributed by atoms with Gasteiger partial charge in [0.25, 0.3) is 5.91 Å². The number of carbonyl (C=O) groups is 1. The highest BCUT2D eigenvalue weighted by Gasteiger charge is 2.32. The number of rotatable bonds is 4. The van der Waals surface area contributed by atoms with Crippen LogP contribution in [0.3, 0.4) is 0 Å². The first-order valence-corrected chi connectivity index (χ1v) is 9.95. The number of amidine groups is 1. The van der Waals surface area contributed by atoms with Gasteiger partial charge in [0.2, 0.25) is 6.79 Å². The third-order valence-corrected chi connectivity index (χ3v) is 5.50. The second-order valence-electron chi connectivity index (χ2n) is 6.32. The van der Waals surface area contributed by atoms with Crippen molar-refractivity contribution in [2.75, 3.05) is 17.4 Å². The first-order valence-electron chi connectivity index (χ1n) is 8.58. The van der Waals surface area contributed by atoms with Gasteiger partial charge in [-0.25, -0.2) is 4.99 Å². The molecule has 0 unspecified atom stereocenters. The minimum absolute atomic E-state index is 0.191. The Morgan fingerprint density at radius 1 is 1.25 bits per heavy atom. The number of fused-ring (bicyclic) bond motifs is 1. The number of carbonyl (C=O) groups excluding carboxylic acids is 1. The van der Waals surface area contributed by atoms with Crippen molar-refractivity contribution in [2.24, 2.45) is 4.99 Å². The third-order valence-electron chi connectivity index (χ3n) is 4.18. The van der Waals surface area contributed by atoms with Crippen molar-refractivity contribution in [3.8, 4) is 11.5 Å². The maximum Gasteiger partial charge on any atom is 0.283 e. The van der Waals surface area contributed by atoms with Crippen LogP contribution >= 0.6 is 23.4 Å². The summed E-state index contributed by atoms with van der Waals surface area (Å²) in [4.78, 5) is 19.3. The van der Waals surface area contributed by atoms with Crippen LogP contribution in [0.25, 0.3) is 6.08 Å². The summed E-state index contributed by atoms with van der Waals surface area (Å²) >= 11 is 7.29. The molecule has 0 saturated carbocycles. The standard InChI is InChI=1S/C21H17ClN2O3S/c1-13-3-6-16(7-4-13)24-20(25)17(23-21(24)28-11-14(2)22)9-15-5-8-18-19(10-15)27-12-26-18/h3-10H,2,11-12H2,1H3. The average molecular weight is 413 g/mol. The highest BCUT2D eigenvalue weighted by molar-refractivity contribution is 8.14. The third kappa shape index (κ3) is 3.79. The van der Waals surface area contributed by atoms with E-state index in [2.05, 4.69) is 11.6 Å². The van der Waals surface area contributed by atoms with E-state index in [0.29, 0.717) is 33.1 Å². The van der Waals surface area contributed by atoms with E-state index < -0.39 is 0 Å². The van der Waals surface area contributed by atoms with Crippen LogP contribution < -0.4 is 14.4 Å². The van der Waals surface area contributed by atoms with Crippen molar-refractivity contribution in [3.05, 3.63) is 70.9 Å². The van der Waals surface area contributed by atoms with E-state index in [0.717, 1.165) is 16.8 Å². The molecule has 0 atom stereocenters. The van der Waals surface area contributed by atoms with Crippen LogP contribution in [0, 0.1) is 6.92 Å². The molecule has 7 heteroatoms. The topological polar surface area (TPSA) is 51.1 Å². The Labute approximate surface area is 172 Å². The van der Waals surface area contributed by atoms with Crippen molar-refractivity contribution in [3.63, 3.8) is 0 Å². The smallest absolute Gasteiger partial charge is 0.283 e. The zero-order valence-electron chi connectivity index (χ0n) is 15.1. The fourth-order valence-corrected chi connectivity index (χ4v) is 3.75. The van der Waals surface area contributed by atoms with E-state index in [1.54, 1.807) is 11.0 Å². The van der Waals surface area contributed by atoms with Gasteiger partial charge in [-0.1, -0.05) is 53.7 Å². The van der Waals surface area contributed by atoms with Crippen LogP contribution in [0.1, 0.15) is 11.1 Å². The van der Waals surface area contributed by atoms with E-state index in [4.69, 9.17) is 21.1 Å². The summed E-state index contributed by atoms with van der Waals surface area (Å²) < 4.78 is 10.7. The van der Waals surface area contributed by atoms with Gasteiger partial charge in [-0.3, -0.25) is 9.69 Å². The van der Waals surface area contributed by atoms with Crippen molar-refractivity contribution in [1.29, 1.82) is 0 Å². The van der Waals surface area contributed by atoms with Gasteiger partial charge in [-0.15, -0.1) is 0 Å². The fraction of sp³-hybridized carbons (Fsp3) is 0.143. The van der Waals surface area contributed by atoms with Crippen LogP contribution in [0.2, 0.25) is 0 Å². The molecule has 142 valence electrons. The Morgan fingerprint density at radius 2 is 2.00 bits per heavy atom. The number of thioether (sulfide) groups is 1. The van der Waals surface area contributed by atoms with Crippen LogP contribution in [-0.4, -0.2) is 23.6 Å². The zero-order valence-corrected chi connectivity index (χ0v) is 16.7.